The average Bonchev–Trinajstić information content (AvgIpc) is 3.65. The van der Waals surface area contributed by atoms with Crippen LogP contribution in [0.25, 0.3) is 28.4 Å². The number of halogens is 1. The lowest BCUT2D eigenvalue weighted by Gasteiger charge is -2.09. The number of aromatic nitrogens is 3. The van der Waals surface area contributed by atoms with E-state index in [9.17, 15) is 19.1 Å². The third kappa shape index (κ3) is 11.4. The minimum Gasteiger partial charge on any atom is -0.507 e. The van der Waals surface area contributed by atoms with Gasteiger partial charge in [0, 0.05) is 17.8 Å². The average molecular weight is 748 g/mol. The van der Waals surface area contributed by atoms with E-state index in [0.29, 0.717) is 68.8 Å². The maximum absolute atomic E-state index is 13.5. The molecular weight excluding hydrogens is 705 g/mol. The van der Waals surface area contributed by atoms with Gasteiger partial charge in [0.1, 0.15) is 41.0 Å². The molecule has 4 aromatic carbocycles. The van der Waals surface area contributed by atoms with Gasteiger partial charge in [-0.25, -0.2) is 9.07 Å². The molecule has 2 heterocycles. The number of aryl methyl sites for hydroxylation is 2. The predicted molar refractivity (Wildman–Crippen MR) is 206 cm³/mol. The molecule has 284 valence electrons. The Hall–Kier alpha value is -6.11. The van der Waals surface area contributed by atoms with Gasteiger partial charge in [0.25, 0.3) is 0 Å². The largest absolute Gasteiger partial charge is 0.507 e. The van der Waals surface area contributed by atoms with Gasteiger partial charge in [-0.15, -0.1) is 5.10 Å². The quantitative estimate of drug-likeness (QED) is 0.0472. The van der Waals surface area contributed by atoms with Crippen molar-refractivity contribution in [2.24, 2.45) is 0 Å². The van der Waals surface area contributed by atoms with Gasteiger partial charge in [-0.2, -0.15) is 0 Å². The van der Waals surface area contributed by atoms with Crippen molar-refractivity contribution in [2.75, 3.05) is 39.6 Å². The Morgan fingerprint density at radius 2 is 1.56 bits per heavy atom. The molecule has 0 aliphatic carbocycles. The van der Waals surface area contributed by atoms with Gasteiger partial charge in [-0.05, 0) is 105 Å². The highest BCUT2D eigenvalue weighted by atomic mass is 19.1. The molecule has 0 spiro atoms. The second kappa shape index (κ2) is 19.3. The number of rotatable bonds is 20. The van der Waals surface area contributed by atoms with Crippen LogP contribution in [0.1, 0.15) is 40.0 Å². The number of unbranched alkanes of at least 4 members (excludes halogenated alkanes) is 1. The molecule has 55 heavy (non-hydrogen) atoms. The Morgan fingerprint density at radius 3 is 2.36 bits per heavy atom. The molecule has 2 aromatic heterocycles. The zero-order valence-corrected chi connectivity index (χ0v) is 30.5. The molecule has 0 fully saturated rings. The van der Waals surface area contributed by atoms with Crippen molar-refractivity contribution in [3.63, 3.8) is 0 Å². The number of allylic oxidation sites excluding steroid dienone is 1. The monoisotopic (exact) mass is 747 g/mol. The highest BCUT2D eigenvalue weighted by Gasteiger charge is 2.10. The second-order valence-corrected chi connectivity index (χ2v) is 12.8. The Morgan fingerprint density at radius 1 is 0.836 bits per heavy atom. The number of aromatic hydroxyl groups is 1. The normalized spacial score (nSPS) is 11.4. The van der Waals surface area contributed by atoms with Crippen molar-refractivity contribution in [2.45, 2.75) is 32.7 Å². The summed E-state index contributed by atoms with van der Waals surface area (Å²) in [6, 6.07) is 24.9. The van der Waals surface area contributed by atoms with Gasteiger partial charge in [0.2, 0.25) is 0 Å². The minimum atomic E-state index is -0.485. The van der Waals surface area contributed by atoms with Crippen LogP contribution in [-0.4, -0.2) is 65.5 Å². The van der Waals surface area contributed by atoms with Gasteiger partial charge in [-0.1, -0.05) is 35.1 Å². The van der Waals surface area contributed by atoms with Crippen molar-refractivity contribution >= 4 is 22.8 Å². The molecule has 1 N–H and O–H groups in total. The molecule has 0 unspecified atom stereocenters. The van der Waals surface area contributed by atoms with Crippen LogP contribution in [-0.2, 0) is 22.4 Å². The Labute approximate surface area is 317 Å². The maximum Gasteiger partial charge on any atom is 0.193 e. The summed E-state index contributed by atoms with van der Waals surface area (Å²) < 4.78 is 43.9. The lowest BCUT2D eigenvalue weighted by molar-refractivity contribution is 0.0333. The van der Waals surface area contributed by atoms with E-state index in [1.165, 1.54) is 36.4 Å². The Balaban J connectivity index is 0.783. The highest BCUT2D eigenvalue weighted by Crippen LogP contribution is 2.25. The number of nitrogens with zero attached hydrogens (tertiary/aromatic N) is 3. The molecule has 11 nitrogen and oxygen atoms in total. The first kappa shape index (κ1) is 38.6. The van der Waals surface area contributed by atoms with E-state index in [1.807, 2.05) is 37.4 Å². The third-order valence-electron chi connectivity index (χ3n) is 8.57. The number of hydrogen-bond acceptors (Lipinski definition) is 10. The standard InChI is InChI=1S/C43H42FN3O8/c1-30-5-16-39(48)37(26-30)40(49)17-8-31-6-12-35(13-7-31)53-20-3-2-4-34-29-47(46-45-34)19-21-51-22-23-52-24-25-54-36-14-9-32(10-15-36)43-28-41(50)38-27-33(44)11-18-42(38)55-43/h5-18,26-29,48H,2-4,19-25H2,1H3/b17-8+. The van der Waals surface area contributed by atoms with Gasteiger partial charge in [0.15, 0.2) is 11.2 Å². The van der Waals surface area contributed by atoms with Crippen molar-refractivity contribution < 1.29 is 37.7 Å². The van der Waals surface area contributed by atoms with E-state index in [1.54, 1.807) is 47.2 Å². The molecule has 6 rings (SSSR count). The number of carbonyl (C=O) groups is 1. The van der Waals surface area contributed by atoms with Crippen LogP contribution < -0.4 is 14.9 Å². The molecule has 12 heteroatoms. The van der Waals surface area contributed by atoms with Crippen molar-refractivity contribution in [3.05, 3.63) is 142 Å². The van der Waals surface area contributed by atoms with E-state index >= 15 is 0 Å². The van der Waals surface area contributed by atoms with E-state index in [-0.39, 0.29) is 27.9 Å². The lowest BCUT2D eigenvalue weighted by Crippen LogP contribution is -2.13. The van der Waals surface area contributed by atoms with Crippen molar-refractivity contribution in [3.8, 4) is 28.6 Å². The van der Waals surface area contributed by atoms with E-state index in [2.05, 4.69) is 10.3 Å². The number of carbonyl (C=O) groups excluding carboxylic acids is 1. The number of phenols is 1. The summed E-state index contributed by atoms with van der Waals surface area (Å²) in [4.78, 5) is 24.8. The van der Waals surface area contributed by atoms with Crippen LogP contribution >= 0.6 is 0 Å². The van der Waals surface area contributed by atoms with Crippen LogP contribution in [0.2, 0.25) is 0 Å². The topological polar surface area (TPSA) is 135 Å². The predicted octanol–water partition coefficient (Wildman–Crippen LogP) is 7.61. The summed E-state index contributed by atoms with van der Waals surface area (Å²) in [7, 11) is 0. The van der Waals surface area contributed by atoms with Gasteiger partial charge >= 0.3 is 0 Å². The summed E-state index contributed by atoms with van der Waals surface area (Å²) >= 11 is 0. The van der Waals surface area contributed by atoms with Gasteiger partial charge in [0.05, 0.1) is 56.2 Å². The first-order chi connectivity index (χ1) is 26.8. The first-order valence-corrected chi connectivity index (χ1v) is 18.1. The lowest BCUT2D eigenvalue weighted by atomic mass is 10.1. The zero-order chi connectivity index (χ0) is 38.4. The number of ether oxygens (including phenoxy) is 4. The van der Waals surface area contributed by atoms with E-state index < -0.39 is 5.82 Å². The molecule has 0 bridgehead atoms. The number of ketones is 1. The fourth-order valence-corrected chi connectivity index (χ4v) is 5.63. The van der Waals surface area contributed by atoms with Crippen LogP contribution in [0.15, 0.2) is 112 Å². The summed E-state index contributed by atoms with van der Waals surface area (Å²) in [5, 5.41) is 18.6. The molecule has 0 aliphatic rings. The highest BCUT2D eigenvalue weighted by molar-refractivity contribution is 6.08. The third-order valence-corrected chi connectivity index (χ3v) is 8.57. The van der Waals surface area contributed by atoms with Crippen molar-refractivity contribution in [1.82, 2.24) is 15.0 Å². The van der Waals surface area contributed by atoms with Crippen LogP contribution in [0.5, 0.6) is 17.2 Å². The molecular formula is C43H42FN3O8. The van der Waals surface area contributed by atoms with Gasteiger partial charge in [-0.3, -0.25) is 9.59 Å². The maximum atomic E-state index is 13.5. The SMILES string of the molecule is Cc1ccc(O)c(C(=O)/C=C/c2ccc(OCCCCc3cn(CCOCCOCCOc4ccc(-c5cc(=O)c6cc(F)ccc6o5)cc4)nn3)cc2)c1. The number of fused-ring (bicyclic) bond motifs is 1. The molecule has 0 saturated carbocycles. The van der Waals surface area contributed by atoms with E-state index in [0.717, 1.165) is 41.8 Å². The van der Waals surface area contributed by atoms with Crippen molar-refractivity contribution in [1.29, 1.82) is 0 Å². The van der Waals surface area contributed by atoms with Gasteiger partial charge < -0.3 is 28.5 Å². The number of phenolic OH excluding ortho intramolecular Hbond substituents is 1. The molecule has 0 saturated heterocycles. The Bertz CT molecular complexity index is 2270. The number of hydrogen-bond donors (Lipinski definition) is 1. The summed E-state index contributed by atoms with van der Waals surface area (Å²) in [6.07, 6.45) is 7.67. The summed E-state index contributed by atoms with van der Waals surface area (Å²) in [5.74, 6) is 1.04. The molecule has 0 radical (unpaired) electrons. The summed E-state index contributed by atoms with van der Waals surface area (Å²) in [6.45, 7) is 5.15. The smallest absolute Gasteiger partial charge is 0.193 e. The molecule has 6 aromatic rings. The first-order valence-electron chi connectivity index (χ1n) is 18.1. The van der Waals surface area contributed by atoms with Crippen LogP contribution in [0.4, 0.5) is 4.39 Å². The Kier molecular flexibility index (Phi) is 13.5. The zero-order valence-electron chi connectivity index (χ0n) is 30.5. The molecule has 0 atom stereocenters. The molecule has 0 amide bonds. The number of benzene rings is 4. The van der Waals surface area contributed by atoms with E-state index in [4.69, 9.17) is 23.4 Å². The fourth-order valence-electron chi connectivity index (χ4n) is 5.63. The summed E-state index contributed by atoms with van der Waals surface area (Å²) in [5.41, 5.74) is 3.70. The fraction of sp³-hybridized carbons (Fsp3) is 0.256. The minimum absolute atomic E-state index is 0.0275. The second-order valence-electron chi connectivity index (χ2n) is 12.8. The van der Waals surface area contributed by atoms with Crippen LogP contribution in [0, 0.1) is 12.7 Å². The van der Waals surface area contributed by atoms with Crippen LogP contribution in [0.3, 0.4) is 0 Å². The molecule has 0 aliphatic heterocycles.